The lowest BCUT2D eigenvalue weighted by molar-refractivity contribution is -0.126. The van der Waals surface area contributed by atoms with Gasteiger partial charge in [0.25, 0.3) is 0 Å². The van der Waals surface area contributed by atoms with Gasteiger partial charge in [0.2, 0.25) is 0 Å². The maximum absolute atomic E-state index is 11.4. The van der Waals surface area contributed by atoms with Crippen molar-refractivity contribution in [2.75, 3.05) is 6.54 Å². The Hall–Kier alpha value is -0.630. The summed E-state index contributed by atoms with van der Waals surface area (Å²) in [6.07, 6.45) is 7.23. The molecule has 0 spiro atoms. The van der Waals surface area contributed by atoms with Crippen molar-refractivity contribution >= 4 is 5.78 Å². The molecule has 2 heteroatoms. The molecule has 2 bridgehead atoms. The Bertz CT molecular complexity index is 208. The number of piperidine rings is 2. The fraction of sp³-hybridized carbons (Fsp3) is 0.727. The highest BCUT2D eigenvalue weighted by Gasteiger charge is 2.36. The van der Waals surface area contributed by atoms with Crippen molar-refractivity contribution in [2.45, 2.75) is 44.2 Å². The van der Waals surface area contributed by atoms with Gasteiger partial charge in [-0.3, -0.25) is 9.69 Å². The molecule has 0 aromatic heterocycles. The summed E-state index contributed by atoms with van der Waals surface area (Å²) in [7, 11) is 0. The van der Waals surface area contributed by atoms with Crippen molar-refractivity contribution in [3.05, 3.63) is 12.7 Å². The first-order valence-electron chi connectivity index (χ1n) is 5.19. The second-order valence-corrected chi connectivity index (χ2v) is 4.17. The van der Waals surface area contributed by atoms with E-state index in [0.717, 1.165) is 19.4 Å². The van der Waals surface area contributed by atoms with Crippen LogP contribution in [-0.4, -0.2) is 29.3 Å². The molecule has 0 saturated carbocycles. The lowest BCUT2D eigenvalue weighted by Gasteiger charge is -2.44. The normalized spacial score (nSPS) is 34.6. The minimum Gasteiger partial charge on any atom is -0.300 e. The fourth-order valence-corrected chi connectivity index (χ4v) is 2.71. The zero-order valence-electron chi connectivity index (χ0n) is 8.04. The largest absolute Gasteiger partial charge is 0.300 e. The summed E-state index contributed by atoms with van der Waals surface area (Å²) < 4.78 is 0. The second kappa shape index (κ2) is 3.62. The molecule has 0 aromatic carbocycles. The fourth-order valence-electron chi connectivity index (χ4n) is 2.71. The molecule has 0 aliphatic carbocycles. The molecule has 2 aliphatic rings. The third-order valence-corrected chi connectivity index (χ3v) is 3.28. The molecule has 2 saturated heterocycles. The Balaban J connectivity index is 2.09. The van der Waals surface area contributed by atoms with Crippen LogP contribution < -0.4 is 0 Å². The minimum atomic E-state index is 0.468. The molecule has 2 rings (SSSR count). The number of nitrogens with zero attached hydrogens (tertiary/aromatic N) is 1. The first kappa shape index (κ1) is 8.95. The molecule has 13 heavy (non-hydrogen) atoms. The van der Waals surface area contributed by atoms with Crippen molar-refractivity contribution in [1.29, 1.82) is 0 Å². The van der Waals surface area contributed by atoms with Gasteiger partial charge in [-0.05, 0) is 12.8 Å². The third kappa shape index (κ3) is 1.68. The van der Waals surface area contributed by atoms with E-state index in [1.54, 1.807) is 0 Å². The number of carbonyl (C=O) groups excluding carboxylic acids is 1. The molecule has 72 valence electrons. The molecular weight excluding hydrogens is 162 g/mol. The number of ketones is 1. The van der Waals surface area contributed by atoms with Crippen molar-refractivity contribution in [2.24, 2.45) is 0 Å². The Kier molecular flexibility index (Phi) is 2.49. The average Bonchev–Trinajstić information content (AvgIpc) is 2.07. The Morgan fingerprint density at radius 3 is 2.54 bits per heavy atom. The van der Waals surface area contributed by atoms with Gasteiger partial charge in [-0.15, -0.1) is 6.58 Å². The van der Waals surface area contributed by atoms with Crippen molar-refractivity contribution < 1.29 is 4.79 Å². The van der Waals surface area contributed by atoms with Gasteiger partial charge in [0.15, 0.2) is 0 Å². The quantitative estimate of drug-likeness (QED) is 0.602. The number of rotatable bonds is 2. The second-order valence-electron chi connectivity index (χ2n) is 4.17. The van der Waals surface area contributed by atoms with Crippen LogP contribution in [0.15, 0.2) is 12.7 Å². The molecule has 0 aromatic rings. The van der Waals surface area contributed by atoms with E-state index in [1.807, 2.05) is 6.08 Å². The summed E-state index contributed by atoms with van der Waals surface area (Å²) in [6.45, 7) is 4.74. The van der Waals surface area contributed by atoms with E-state index < -0.39 is 0 Å². The standard InChI is InChI=1S/C11H17NO/c1-2-6-12-9-4-3-5-10(12)8-11(13)7-9/h2,9-10H,1,3-8H2. The van der Waals surface area contributed by atoms with E-state index in [1.165, 1.54) is 19.3 Å². The molecule has 0 radical (unpaired) electrons. The molecule has 2 heterocycles. The Morgan fingerprint density at radius 1 is 1.38 bits per heavy atom. The molecule has 2 fully saturated rings. The van der Waals surface area contributed by atoms with Crippen LogP contribution in [0.5, 0.6) is 0 Å². The lowest BCUT2D eigenvalue weighted by Crippen LogP contribution is -2.52. The van der Waals surface area contributed by atoms with Crippen LogP contribution in [0, 0.1) is 0 Å². The summed E-state index contributed by atoms with van der Waals surface area (Å²) in [6, 6.07) is 1.05. The van der Waals surface area contributed by atoms with Gasteiger partial charge in [-0.25, -0.2) is 0 Å². The zero-order valence-corrected chi connectivity index (χ0v) is 8.04. The van der Waals surface area contributed by atoms with Crippen molar-refractivity contribution in [3.8, 4) is 0 Å². The SMILES string of the molecule is C=CCN1C2CCCC1CC(=O)C2. The van der Waals surface area contributed by atoms with E-state index in [0.29, 0.717) is 17.9 Å². The van der Waals surface area contributed by atoms with Crippen LogP contribution in [-0.2, 0) is 4.79 Å². The van der Waals surface area contributed by atoms with Crippen LogP contribution in [0.25, 0.3) is 0 Å². The number of hydrogen-bond acceptors (Lipinski definition) is 2. The van der Waals surface area contributed by atoms with Crippen LogP contribution in [0.4, 0.5) is 0 Å². The lowest BCUT2D eigenvalue weighted by atomic mass is 9.84. The predicted octanol–water partition coefficient (Wildman–Crippen LogP) is 1.76. The summed E-state index contributed by atoms with van der Waals surface area (Å²) in [5.41, 5.74) is 0. The molecule has 0 N–H and O–H groups in total. The first-order valence-corrected chi connectivity index (χ1v) is 5.19. The van der Waals surface area contributed by atoms with E-state index in [9.17, 15) is 4.79 Å². The highest BCUT2D eigenvalue weighted by molar-refractivity contribution is 5.80. The smallest absolute Gasteiger partial charge is 0.136 e. The van der Waals surface area contributed by atoms with Gasteiger partial charge in [0.1, 0.15) is 5.78 Å². The van der Waals surface area contributed by atoms with Gasteiger partial charge in [-0.2, -0.15) is 0 Å². The molecule has 2 atom stereocenters. The summed E-state index contributed by atoms with van der Waals surface area (Å²) >= 11 is 0. The maximum Gasteiger partial charge on any atom is 0.136 e. The number of hydrogen-bond donors (Lipinski definition) is 0. The van der Waals surface area contributed by atoms with E-state index in [-0.39, 0.29) is 0 Å². The van der Waals surface area contributed by atoms with Crippen LogP contribution in [0.3, 0.4) is 0 Å². The number of carbonyl (C=O) groups is 1. The molecule has 0 amide bonds. The summed E-state index contributed by atoms with van der Waals surface area (Å²) in [4.78, 5) is 13.8. The van der Waals surface area contributed by atoms with Gasteiger partial charge in [-0.1, -0.05) is 12.5 Å². The van der Waals surface area contributed by atoms with Crippen LogP contribution in [0.1, 0.15) is 32.1 Å². The predicted molar refractivity (Wildman–Crippen MR) is 52.6 cm³/mol. The van der Waals surface area contributed by atoms with E-state index >= 15 is 0 Å². The topological polar surface area (TPSA) is 20.3 Å². The Labute approximate surface area is 79.6 Å². The zero-order chi connectivity index (χ0) is 9.26. The molecular formula is C11H17NO. The van der Waals surface area contributed by atoms with Crippen molar-refractivity contribution in [1.82, 2.24) is 4.90 Å². The van der Waals surface area contributed by atoms with Crippen LogP contribution in [0.2, 0.25) is 0 Å². The maximum atomic E-state index is 11.4. The molecule has 2 nitrogen and oxygen atoms in total. The first-order chi connectivity index (χ1) is 6.31. The van der Waals surface area contributed by atoms with Gasteiger partial charge < -0.3 is 0 Å². The minimum absolute atomic E-state index is 0.468. The van der Waals surface area contributed by atoms with Gasteiger partial charge in [0.05, 0.1) is 0 Å². The van der Waals surface area contributed by atoms with Gasteiger partial charge >= 0.3 is 0 Å². The number of fused-ring (bicyclic) bond motifs is 2. The number of Topliss-reactive ketones (excluding diaryl/α,β-unsaturated/α-hetero) is 1. The van der Waals surface area contributed by atoms with Crippen LogP contribution >= 0.6 is 0 Å². The third-order valence-electron chi connectivity index (χ3n) is 3.28. The summed E-state index contributed by atoms with van der Waals surface area (Å²) in [5, 5.41) is 0. The molecule has 2 unspecified atom stereocenters. The summed E-state index contributed by atoms with van der Waals surface area (Å²) in [5.74, 6) is 0.468. The van der Waals surface area contributed by atoms with E-state index in [2.05, 4.69) is 11.5 Å². The van der Waals surface area contributed by atoms with Gasteiger partial charge in [0, 0.05) is 31.5 Å². The molecule has 2 aliphatic heterocycles. The highest BCUT2D eigenvalue weighted by atomic mass is 16.1. The highest BCUT2D eigenvalue weighted by Crippen LogP contribution is 2.31. The van der Waals surface area contributed by atoms with Crippen molar-refractivity contribution in [3.63, 3.8) is 0 Å². The monoisotopic (exact) mass is 179 g/mol. The Morgan fingerprint density at radius 2 is 2.00 bits per heavy atom. The van der Waals surface area contributed by atoms with E-state index in [4.69, 9.17) is 0 Å². The average molecular weight is 179 g/mol.